The minimum atomic E-state index is 0.528. The monoisotopic (exact) mass is 174 g/mol. The molecule has 0 saturated heterocycles. The molecule has 6 bridgehead atoms. The fraction of sp³-hybridized carbons (Fsp3) is 1.00. The third-order valence-electron chi connectivity index (χ3n) is 4.44. The first-order chi connectivity index (χ1) is 4.82. The molecule has 5 aliphatic carbocycles. The van der Waals surface area contributed by atoms with E-state index in [1.54, 1.807) is 0 Å². The Morgan fingerprint density at radius 2 is 0.800 bits per heavy atom. The molecule has 5 rings (SSSR count). The van der Waals surface area contributed by atoms with Gasteiger partial charge in [0.25, 0.3) is 0 Å². The summed E-state index contributed by atoms with van der Waals surface area (Å²) in [4.78, 5) is 0. The maximum Gasteiger partial charge on any atom is 0.0404 e. The van der Waals surface area contributed by atoms with Crippen molar-refractivity contribution >= 4 is 23.2 Å². The van der Waals surface area contributed by atoms with Crippen molar-refractivity contribution in [2.45, 2.75) is 10.8 Å². The van der Waals surface area contributed by atoms with Crippen LogP contribution in [0.2, 0.25) is 0 Å². The minimum absolute atomic E-state index is 0.528. The average molecular weight is 175 g/mol. The molecule has 0 aromatic carbocycles. The Hall–Kier alpha value is 0.580. The van der Waals surface area contributed by atoms with Crippen LogP contribution in [0.25, 0.3) is 0 Å². The summed E-state index contributed by atoms with van der Waals surface area (Å²) >= 11 is 12.4. The molecule has 0 nitrogen and oxygen atoms in total. The summed E-state index contributed by atoms with van der Waals surface area (Å²) in [5.41, 5.74) is 0. The highest BCUT2D eigenvalue weighted by molar-refractivity contribution is 6.25. The van der Waals surface area contributed by atoms with E-state index in [2.05, 4.69) is 0 Å². The van der Waals surface area contributed by atoms with Gasteiger partial charge < -0.3 is 0 Å². The predicted octanol–water partition coefficient (Wildman–Crippen LogP) is 1.95. The highest BCUT2D eigenvalue weighted by atomic mass is 35.5. The maximum atomic E-state index is 6.23. The summed E-state index contributed by atoms with van der Waals surface area (Å²) in [7, 11) is 0. The Morgan fingerprint density at radius 1 is 0.500 bits per heavy atom. The second-order valence-corrected chi connectivity index (χ2v) is 5.36. The summed E-state index contributed by atoms with van der Waals surface area (Å²) in [5, 5.41) is 1.06. The quantitative estimate of drug-likeness (QED) is 0.493. The van der Waals surface area contributed by atoms with Gasteiger partial charge >= 0.3 is 0 Å². The normalized spacial score (nSPS) is 87.0. The van der Waals surface area contributed by atoms with Gasteiger partial charge in [0.05, 0.1) is 0 Å². The predicted molar refractivity (Wildman–Crippen MR) is 40.2 cm³/mol. The number of alkyl halides is 2. The molecule has 0 radical (unpaired) electrons. The molecule has 0 aromatic heterocycles. The molecule has 5 atom stereocenters. The third-order valence-corrected chi connectivity index (χ3v) is 5.60. The van der Waals surface area contributed by atoms with Crippen LogP contribution in [0.1, 0.15) is 0 Å². The van der Waals surface area contributed by atoms with Gasteiger partial charge in [0.15, 0.2) is 0 Å². The molecule has 5 saturated carbocycles. The van der Waals surface area contributed by atoms with E-state index in [-0.39, 0.29) is 0 Å². The van der Waals surface area contributed by atoms with Crippen LogP contribution in [0, 0.1) is 35.5 Å². The van der Waals surface area contributed by atoms with Gasteiger partial charge in [-0.3, -0.25) is 0 Å². The molecule has 5 aliphatic rings. The van der Waals surface area contributed by atoms with Crippen LogP contribution >= 0.6 is 23.2 Å². The van der Waals surface area contributed by atoms with E-state index in [0.717, 1.165) is 35.5 Å². The first-order valence-electron chi connectivity index (χ1n) is 4.10. The number of rotatable bonds is 0. The molecule has 0 spiro atoms. The van der Waals surface area contributed by atoms with Crippen LogP contribution in [0.3, 0.4) is 0 Å². The standard InChI is InChI=1S/C8H8Cl2/c9-7-3-1-2(3)5-6(7)4(1)8(5)10/h1-8H. The van der Waals surface area contributed by atoms with Gasteiger partial charge in [-0.05, 0) is 35.5 Å². The first-order valence-corrected chi connectivity index (χ1v) is 4.98. The van der Waals surface area contributed by atoms with E-state index in [4.69, 9.17) is 23.2 Å². The van der Waals surface area contributed by atoms with Crippen LogP contribution < -0.4 is 0 Å². The third kappa shape index (κ3) is 0.272. The van der Waals surface area contributed by atoms with Crippen molar-refractivity contribution in [2.24, 2.45) is 35.5 Å². The summed E-state index contributed by atoms with van der Waals surface area (Å²) in [6.07, 6.45) is 0. The molecule has 54 valence electrons. The lowest BCUT2D eigenvalue weighted by atomic mass is 9.73. The van der Waals surface area contributed by atoms with Crippen molar-refractivity contribution in [3.63, 3.8) is 0 Å². The molecule has 0 aliphatic heterocycles. The van der Waals surface area contributed by atoms with Gasteiger partial charge in [-0.25, -0.2) is 0 Å². The molecule has 0 aromatic rings. The highest BCUT2D eigenvalue weighted by Gasteiger charge is 2.86. The van der Waals surface area contributed by atoms with Crippen LogP contribution in [-0.2, 0) is 0 Å². The SMILES string of the molecule is ClC1C2C3C(Cl)C4C2C4C13. The van der Waals surface area contributed by atoms with Crippen molar-refractivity contribution in [3.8, 4) is 0 Å². The largest absolute Gasteiger partial charge is 0.122 e. The topological polar surface area (TPSA) is 0 Å². The fourth-order valence-corrected chi connectivity index (χ4v) is 5.59. The Bertz CT molecular complexity index is 209. The Kier molecular flexibility index (Phi) is 0.615. The van der Waals surface area contributed by atoms with E-state index in [1.807, 2.05) is 0 Å². The number of hydrogen-bond acceptors (Lipinski definition) is 0. The van der Waals surface area contributed by atoms with Gasteiger partial charge in [0.1, 0.15) is 0 Å². The van der Waals surface area contributed by atoms with Gasteiger partial charge in [-0.1, -0.05) is 0 Å². The van der Waals surface area contributed by atoms with Crippen LogP contribution in [-0.4, -0.2) is 10.8 Å². The molecule has 10 heavy (non-hydrogen) atoms. The van der Waals surface area contributed by atoms with E-state index < -0.39 is 0 Å². The zero-order chi connectivity index (χ0) is 6.62. The highest BCUT2D eigenvalue weighted by Crippen LogP contribution is 2.86. The minimum Gasteiger partial charge on any atom is -0.122 e. The van der Waals surface area contributed by atoms with E-state index in [9.17, 15) is 0 Å². The van der Waals surface area contributed by atoms with Crippen molar-refractivity contribution in [1.82, 2.24) is 0 Å². The zero-order valence-electron chi connectivity index (χ0n) is 5.37. The smallest absolute Gasteiger partial charge is 0.0404 e. The second kappa shape index (κ2) is 1.17. The number of hydrogen-bond donors (Lipinski definition) is 0. The molecule has 0 N–H and O–H groups in total. The fourth-order valence-electron chi connectivity index (χ4n) is 4.25. The molecular formula is C8H8Cl2. The zero-order valence-corrected chi connectivity index (χ0v) is 6.89. The lowest BCUT2D eigenvalue weighted by Crippen LogP contribution is -2.41. The molecule has 2 heteroatoms. The molecule has 5 fully saturated rings. The number of halogens is 2. The van der Waals surface area contributed by atoms with E-state index in [0.29, 0.717) is 10.8 Å². The molecule has 5 unspecified atom stereocenters. The Labute approximate surface area is 69.9 Å². The second-order valence-electron chi connectivity index (χ2n) is 4.35. The van der Waals surface area contributed by atoms with Gasteiger partial charge in [0, 0.05) is 10.8 Å². The summed E-state index contributed by atoms with van der Waals surface area (Å²) in [5.74, 6) is 5.44. The van der Waals surface area contributed by atoms with Crippen molar-refractivity contribution in [3.05, 3.63) is 0 Å². The van der Waals surface area contributed by atoms with Gasteiger partial charge in [0.2, 0.25) is 0 Å². The van der Waals surface area contributed by atoms with Gasteiger partial charge in [-0.15, -0.1) is 23.2 Å². The summed E-state index contributed by atoms with van der Waals surface area (Å²) in [6, 6.07) is 0. The van der Waals surface area contributed by atoms with Crippen LogP contribution in [0.4, 0.5) is 0 Å². The van der Waals surface area contributed by atoms with Gasteiger partial charge in [-0.2, -0.15) is 0 Å². The lowest BCUT2D eigenvalue weighted by Gasteiger charge is -2.39. The van der Waals surface area contributed by atoms with Crippen LogP contribution in [0.5, 0.6) is 0 Å². The first kappa shape index (κ1) is 5.27. The van der Waals surface area contributed by atoms with E-state index in [1.165, 1.54) is 0 Å². The van der Waals surface area contributed by atoms with Crippen LogP contribution in [0.15, 0.2) is 0 Å². The lowest BCUT2D eigenvalue weighted by molar-refractivity contribution is 0.182. The average Bonchev–Trinajstić information content (AvgIpc) is 2.23. The molecule has 0 heterocycles. The van der Waals surface area contributed by atoms with Crippen molar-refractivity contribution < 1.29 is 0 Å². The Balaban J connectivity index is 1.92. The van der Waals surface area contributed by atoms with Crippen molar-refractivity contribution in [2.75, 3.05) is 0 Å². The summed E-state index contributed by atoms with van der Waals surface area (Å²) in [6.45, 7) is 0. The Morgan fingerprint density at radius 3 is 1.10 bits per heavy atom. The molecular weight excluding hydrogens is 167 g/mol. The summed E-state index contributed by atoms with van der Waals surface area (Å²) < 4.78 is 0. The van der Waals surface area contributed by atoms with Crippen molar-refractivity contribution in [1.29, 1.82) is 0 Å². The maximum absolute atomic E-state index is 6.23. The molecule has 0 amide bonds. The van der Waals surface area contributed by atoms with E-state index >= 15 is 0 Å².